The highest BCUT2D eigenvalue weighted by Gasteiger charge is 1.93. The largest absolute Gasteiger partial charge is 0.494 e. The maximum atomic E-state index is 5.57. The molecule has 0 bridgehead atoms. The number of hydrogen-bond acceptors (Lipinski definition) is 3. The minimum Gasteiger partial charge on any atom is -0.494 e. The fourth-order valence-corrected chi connectivity index (χ4v) is 1.17. The van der Waals surface area contributed by atoms with Gasteiger partial charge in [-0.2, -0.15) is 5.10 Å². The van der Waals surface area contributed by atoms with Crippen LogP contribution < -0.4 is 4.74 Å². The zero-order valence-electron chi connectivity index (χ0n) is 10.3. The smallest absolute Gasteiger partial charge is 0.119 e. The molecule has 0 amide bonds. The third-order valence-corrected chi connectivity index (χ3v) is 2.08. The molecule has 88 valence electrons. The summed E-state index contributed by atoms with van der Waals surface area (Å²) in [5, 5.41) is 5.94. The molecule has 0 spiro atoms. The molecule has 0 saturated carbocycles. The summed E-state index contributed by atoms with van der Waals surface area (Å²) in [6.07, 6.45) is 4.09. The molecule has 0 atom stereocenters. The van der Waals surface area contributed by atoms with Gasteiger partial charge in [-0.1, -0.05) is 13.3 Å². The normalized spacial score (nSPS) is 10.7. The maximum Gasteiger partial charge on any atom is 0.119 e. The van der Waals surface area contributed by atoms with Gasteiger partial charge in [-0.25, -0.2) is 0 Å². The Morgan fingerprint density at radius 1 is 1.25 bits per heavy atom. The quantitative estimate of drug-likeness (QED) is 0.418. The van der Waals surface area contributed by atoms with E-state index in [0.717, 1.165) is 30.8 Å². The molecule has 0 aliphatic heterocycles. The van der Waals surface area contributed by atoms with Gasteiger partial charge in [0.2, 0.25) is 0 Å². The second kappa shape index (κ2) is 6.88. The minimum absolute atomic E-state index is 0.793. The van der Waals surface area contributed by atoms with Crippen molar-refractivity contribution in [2.24, 2.45) is 5.10 Å². The Morgan fingerprint density at radius 2 is 1.94 bits per heavy atom. The predicted octanol–water partition coefficient (Wildman–Crippen LogP) is 2.76. The Balaban J connectivity index is 2.47. The van der Waals surface area contributed by atoms with Crippen LogP contribution in [0.15, 0.2) is 29.4 Å². The molecular weight excluding hydrogens is 200 g/mol. The molecule has 1 aromatic carbocycles. The highest BCUT2D eigenvalue weighted by atomic mass is 16.5. The van der Waals surface area contributed by atoms with Crippen molar-refractivity contribution in [2.75, 3.05) is 20.7 Å². The summed E-state index contributed by atoms with van der Waals surface area (Å²) in [5.74, 6) is 0.926. The van der Waals surface area contributed by atoms with Gasteiger partial charge in [0.15, 0.2) is 0 Å². The number of hydrazone groups is 1. The molecule has 3 nitrogen and oxygen atoms in total. The molecule has 0 aliphatic carbocycles. The molecule has 0 N–H and O–H groups in total. The number of benzene rings is 1. The first kappa shape index (κ1) is 12.6. The highest BCUT2D eigenvalue weighted by Crippen LogP contribution is 2.11. The number of hydrogen-bond donors (Lipinski definition) is 0. The number of nitrogens with zero attached hydrogens (tertiary/aromatic N) is 2. The van der Waals surface area contributed by atoms with Crippen molar-refractivity contribution in [1.82, 2.24) is 5.01 Å². The van der Waals surface area contributed by atoms with E-state index in [1.54, 1.807) is 5.01 Å². The molecule has 0 saturated heterocycles. The first-order chi connectivity index (χ1) is 7.72. The Bertz CT molecular complexity index is 317. The Labute approximate surface area is 97.7 Å². The van der Waals surface area contributed by atoms with Crippen molar-refractivity contribution in [3.05, 3.63) is 29.8 Å². The summed E-state index contributed by atoms with van der Waals surface area (Å²) in [4.78, 5) is 0. The Kier molecular flexibility index (Phi) is 5.40. The van der Waals surface area contributed by atoms with Crippen molar-refractivity contribution in [3.63, 3.8) is 0 Å². The highest BCUT2D eigenvalue weighted by molar-refractivity contribution is 5.79. The number of rotatable bonds is 6. The number of unbranched alkanes of at least 4 members (excludes halogenated alkanes) is 1. The van der Waals surface area contributed by atoms with Gasteiger partial charge in [0.1, 0.15) is 5.75 Å². The zero-order chi connectivity index (χ0) is 11.8. The topological polar surface area (TPSA) is 24.8 Å². The molecule has 0 radical (unpaired) electrons. The van der Waals surface area contributed by atoms with Crippen LogP contribution in [0, 0.1) is 0 Å². The standard InChI is InChI=1S/C13H20N2O/c1-4-5-10-16-13-8-6-12(7-9-13)11-14-15(2)3/h6-9,11H,4-5,10H2,1-3H3/b14-11+. The SMILES string of the molecule is CCCCOc1ccc(/C=N/N(C)C)cc1. The van der Waals surface area contributed by atoms with Crippen LogP contribution in [0.5, 0.6) is 5.75 Å². The second-order valence-electron chi connectivity index (χ2n) is 3.86. The van der Waals surface area contributed by atoms with Gasteiger partial charge in [0, 0.05) is 14.1 Å². The van der Waals surface area contributed by atoms with E-state index in [9.17, 15) is 0 Å². The average molecular weight is 220 g/mol. The van der Waals surface area contributed by atoms with Crippen LogP contribution in [-0.2, 0) is 0 Å². The Morgan fingerprint density at radius 3 is 2.50 bits per heavy atom. The molecule has 0 unspecified atom stereocenters. The molecule has 16 heavy (non-hydrogen) atoms. The summed E-state index contributed by atoms with van der Waals surface area (Å²) >= 11 is 0. The monoisotopic (exact) mass is 220 g/mol. The van der Waals surface area contributed by atoms with Crippen molar-refractivity contribution in [1.29, 1.82) is 0 Å². The average Bonchev–Trinajstić information content (AvgIpc) is 2.28. The second-order valence-corrected chi connectivity index (χ2v) is 3.86. The van der Waals surface area contributed by atoms with Gasteiger partial charge in [0.05, 0.1) is 12.8 Å². The van der Waals surface area contributed by atoms with E-state index < -0.39 is 0 Å². The summed E-state index contributed by atoms with van der Waals surface area (Å²) < 4.78 is 5.57. The van der Waals surface area contributed by atoms with Crippen LogP contribution in [0.3, 0.4) is 0 Å². The lowest BCUT2D eigenvalue weighted by Crippen LogP contribution is -2.02. The zero-order valence-corrected chi connectivity index (χ0v) is 10.3. The van der Waals surface area contributed by atoms with E-state index >= 15 is 0 Å². The van der Waals surface area contributed by atoms with E-state index in [1.165, 1.54) is 0 Å². The van der Waals surface area contributed by atoms with Crippen molar-refractivity contribution in [2.45, 2.75) is 19.8 Å². The van der Waals surface area contributed by atoms with Gasteiger partial charge >= 0.3 is 0 Å². The van der Waals surface area contributed by atoms with Gasteiger partial charge in [0.25, 0.3) is 0 Å². The summed E-state index contributed by atoms with van der Waals surface area (Å²) in [5.41, 5.74) is 1.08. The van der Waals surface area contributed by atoms with Crippen molar-refractivity contribution < 1.29 is 4.74 Å². The van der Waals surface area contributed by atoms with Crippen molar-refractivity contribution >= 4 is 6.21 Å². The lowest BCUT2D eigenvalue weighted by Gasteiger charge is -2.05. The molecule has 0 aliphatic rings. The van der Waals surface area contributed by atoms with Crippen LogP contribution in [0.4, 0.5) is 0 Å². The first-order valence-electron chi connectivity index (χ1n) is 5.66. The van der Waals surface area contributed by atoms with Gasteiger partial charge in [-0.05, 0) is 36.2 Å². The molecule has 0 fully saturated rings. The van der Waals surface area contributed by atoms with E-state index in [-0.39, 0.29) is 0 Å². The van der Waals surface area contributed by atoms with Gasteiger partial charge in [-0.15, -0.1) is 0 Å². The number of ether oxygens (including phenoxy) is 1. The molecule has 0 aromatic heterocycles. The summed E-state index contributed by atoms with van der Waals surface area (Å²) in [6, 6.07) is 7.97. The molecule has 3 heteroatoms. The van der Waals surface area contributed by atoms with Gasteiger partial charge < -0.3 is 9.75 Å². The van der Waals surface area contributed by atoms with Crippen LogP contribution in [-0.4, -0.2) is 31.9 Å². The third kappa shape index (κ3) is 4.82. The fraction of sp³-hybridized carbons (Fsp3) is 0.462. The van der Waals surface area contributed by atoms with Crippen LogP contribution in [0.1, 0.15) is 25.3 Å². The lowest BCUT2D eigenvalue weighted by atomic mass is 10.2. The third-order valence-electron chi connectivity index (χ3n) is 2.08. The van der Waals surface area contributed by atoms with Crippen LogP contribution in [0.25, 0.3) is 0 Å². The van der Waals surface area contributed by atoms with Crippen molar-refractivity contribution in [3.8, 4) is 5.75 Å². The van der Waals surface area contributed by atoms with Crippen LogP contribution in [0.2, 0.25) is 0 Å². The van der Waals surface area contributed by atoms with Gasteiger partial charge in [-0.3, -0.25) is 0 Å². The predicted molar refractivity (Wildman–Crippen MR) is 68.1 cm³/mol. The maximum absolute atomic E-state index is 5.57. The van der Waals surface area contributed by atoms with E-state index in [2.05, 4.69) is 12.0 Å². The lowest BCUT2D eigenvalue weighted by molar-refractivity contribution is 0.309. The molecule has 1 aromatic rings. The summed E-state index contributed by atoms with van der Waals surface area (Å²) in [7, 11) is 3.80. The fourth-order valence-electron chi connectivity index (χ4n) is 1.17. The molecule has 0 heterocycles. The van der Waals surface area contributed by atoms with E-state index in [0.29, 0.717) is 0 Å². The van der Waals surface area contributed by atoms with E-state index in [1.807, 2.05) is 44.6 Å². The summed E-state index contributed by atoms with van der Waals surface area (Å²) in [6.45, 7) is 2.95. The van der Waals surface area contributed by atoms with Crippen LogP contribution >= 0.6 is 0 Å². The molecular formula is C13H20N2O. The Hall–Kier alpha value is -1.51. The first-order valence-corrected chi connectivity index (χ1v) is 5.66. The van der Waals surface area contributed by atoms with E-state index in [4.69, 9.17) is 4.74 Å². The minimum atomic E-state index is 0.793. The molecule has 1 rings (SSSR count).